The summed E-state index contributed by atoms with van der Waals surface area (Å²) in [5.41, 5.74) is 0. The average molecular weight is 1320 g/mol. The van der Waals surface area contributed by atoms with E-state index < -0.39 is 24.3 Å². The molecule has 0 fully saturated rings. The normalized spacial score (nSPS) is 13.5. The van der Waals surface area contributed by atoms with Crippen LogP contribution in [0.2, 0.25) is 0 Å². The van der Waals surface area contributed by atoms with Gasteiger partial charge in [-0.15, -0.1) is 0 Å². The summed E-state index contributed by atoms with van der Waals surface area (Å²) in [6.45, 7) is 4.77. The first-order valence-electron chi connectivity index (χ1n) is 39.0. The molecule has 9 heteroatoms. The van der Waals surface area contributed by atoms with Crippen LogP contribution in [0.5, 0.6) is 0 Å². The maximum atomic E-state index is 13.0. The molecule has 2 atom stereocenters. The predicted octanol–water partition coefficient (Wildman–Crippen LogP) is 25.0. The van der Waals surface area contributed by atoms with E-state index in [1.165, 1.54) is 173 Å². The number of esters is 2. The number of carboxylic acid groups (broad SMARTS) is 1. The predicted molar refractivity (Wildman–Crippen MR) is 410 cm³/mol. The Labute approximate surface area is 585 Å². The second-order valence-electron chi connectivity index (χ2n) is 26.9. The number of unbranched alkanes of at least 4 members (excludes halogenated alkanes) is 32. The van der Waals surface area contributed by atoms with E-state index in [1.54, 1.807) is 0 Å². The first kappa shape index (κ1) is 90.2. The SMILES string of the molecule is CC/C=C\C/C=C\C/C=C\C/C=C\C/C=C\C/C=C\C/C=C\C/C=C\C/C=C\C/C=C\C/C=C\CCCCCCCCCC(=O)OC(COC(=O)CCCCCCCCCCCCCCCCCCC/C=C\CCCCCCCCCC)COC(OCC[N+](C)(C)C)C(=O)O. The molecule has 9 nitrogen and oxygen atoms in total. The van der Waals surface area contributed by atoms with Gasteiger partial charge in [-0.25, -0.2) is 4.79 Å². The molecule has 0 saturated carbocycles. The third-order valence-electron chi connectivity index (χ3n) is 16.6. The molecule has 0 aromatic carbocycles. The van der Waals surface area contributed by atoms with Crippen LogP contribution in [-0.4, -0.2) is 87.4 Å². The topological polar surface area (TPSA) is 108 Å². The number of hydrogen-bond acceptors (Lipinski definition) is 7. The lowest BCUT2D eigenvalue weighted by molar-refractivity contribution is -0.870. The monoisotopic (exact) mass is 1320 g/mol. The number of aliphatic carboxylic acids is 1. The van der Waals surface area contributed by atoms with Gasteiger partial charge < -0.3 is 28.5 Å². The summed E-state index contributed by atoms with van der Waals surface area (Å²) in [6, 6.07) is 0. The van der Waals surface area contributed by atoms with E-state index >= 15 is 0 Å². The Kier molecular flexibility index (Phi) is 71.1. The molecule has 0 radical (unpaired) electrons. The van der Waals surface area contributed by atoms with Crippen molar-refractivity contribution < 1.29 is 42.9 Å². The van der Waals surface area contributed by atoms with Gasteiger partial charge in [0, 0.05) is 12.8 Å². The molecule has 0 aromatic rings. The zero-order chi connectivity index (χ0) is 69.0. The highest BCUT2D eigenvalue weighted by Crippen LogP contribution is 2.17. The van der Waals surface area contributed by atoms with Gasteiger partial charge in [0.2, 0.25) is 0 Å². The van der Waals surface area contributed by atoms with Crippen LogP contribution >= 0.6 is 0 Å². The largest absolute Gasteiger partial charge is 0.477 e. The van der Waals surface area contributed by atoms with Crippen LogP contribution in [0.25, 0.3) is 0 Å². The number of carboxylic acids is 1. The van der Waals surface area contributed by atoms with Crippen molar-refractivity contribution in [1.29, 1.82) is 0 Å². The van der Waals surface area contributed by atoms with Gasteiger partial charge in [-0.2, -0.15) is 0 Å². The summed E-state index contributed by atoms with van der Waals surface area (Å²) in [7, 11) is 5.97. The summed E-state index contributed by atoms with van der Waals surface area (Å²) < 4.78 is 23.0. The van der Waals surface area contributed by atoms with Crippen LogP contribution in [0.4, 0.5) is 0 Å². The molecule has 0 aromatic heterocycles. The summed E-state index contributed by atoms with van der Waals surface area (Å²) in [5, 5.41) is 9.77. The molecule has 0 bridgehead atoms. The molecule has 542 valence electrons. The van der Waals surface area contributed by atoms with Gasteiger partial charge in [-0.3, -0.25) is 9.59 Å². The minimum atomic E-state index is -1.52. The van der Waals surface area contributed by atoms with Crippen LogP contribution < -0.4 is 0 Å². The Hall–Kier alpha value is -4.83. The Morgan fingerprint density at radius 2 is 0.600 bits per heavy atom. The molecule has 0 rings (SSSR count). The van der Waals surface area contributed by atoms with Gasteiger partial charge in [0.1, 0.15) is 13.2 Å². The summed E-state index contributed by atoms with van der Waals surface area (Å²) >= 11 is 0. The van der Waals surface area contributed by atoms with E-state index in [9.17, 15) is 19.5 Å². The van der Waals surface area contributed by atoms with Gasteiger partial charge in [-0.1, -0.05) is 333 Å². The van der Waals surface area contributed by atoms with E-state index in [0.29, 0.717) is 23.9 Å². The van der Waals surface area contributed by atoms with Crippen molar-refractivity contribution in [3.63, 3.8) is 0 Å². The van der Waals surface area contributed by atoms with E-state index in [-0.39, 0.29) is 32.2 Å². The number of quaternary nitrogens is 1. The smallest absolute Gasteiger partial charge is 0.361 e. The highest BCUT2D eigenvalue weighted by atomic mass is 16.7. The Morgan fingerprint density at radius 3 is 0.905 bits per heavy atom. The standard InChI is InChI=1S/C86H145NO8/c1-6-8-10-12-14-16-18-20-22-24-26-28-30-32-34-36-37-38-39-40-41-42-43-44-45-46-47-49-51-53-55-57-59-61-63-65-67-69-71-73-75-77-84(89)95-82(81-94-86(85(90)91)92-79-78-87(3,4)5)80-93-83(88)76-74-72-70-68-66-64-62-60-58-56-54-52-50-48-35-33-31-29-27-25-23-21-19-17-15-13-11-9-7-2/h8,10,14,16,20,22,25-28,32,34,37-38,40-41,43-44,46-47,51,53,57,59,82,86H,6-7,9,11-13,15,17-19,21,23-24,29-31,33,35-36,39,42,45,48-50,52,54-56,58,60-81H2,1-5H3/p+1/b10-8-,16-14-,22-20-,27-25-,28-26-,34-32-,38-37-,41-40-,44-43-,47-46-,53-51-,59-57-. The van der Waals surface area contributed by atoms with Gasteiger partial charge in [0.25, 0.3) is 6.29 Å². The third kappa shape index (κ3) is 76.4. The maximum Gasteiger partial charge on any atom is 0.361 e. The van der Waals surface area contributed by atoms with Crippen molar-refractivity contribution in [3.8, 4) is 0 Å². The fraction of sp³-hybridized carbons (Fsp3) is 0.686. The number of carbonyl (C=O) groups is 3. The molecule has 0 aliphatic rings. The number of carbonyl (C=O) groups excluding carboxylic acids is 2. The van der Waals surface area contributed by atoms with Crippen LogP contribution in [-0.2, 0) is 33.3 Å². The first-order valence-corrected chi connectivity index (χ1v) is 39.0. The van der Waals surface area contributed by atoms with Crippen molar-refractivity contribution in [2.75, 3.05) is 47.5 Å². The minimum Gasteiger partial charge on any atom is -0.477 e. The first-order chi connectivity index (χ1) is 46.6. The summed E-state index contributed by atoms with van der Waals surface area (Å²) in [6.07, 6.45) is 107. The Bertz CT molecular complexity index is 2080. The second kappa shape index (κ2) is 75.0. The van der Waals surface area contributed by atoms with Crippen molar-refractivity contribution >= 4 is 17.9 Å². The molecule has 0 heterocycles. The molecule has 0 spiro atoms. The molecular weight excluding hydrogens is 1170 g/mol. The lowest BCUT2D eigenvalue weighted by Crippen LogP contribution is -2.40. The van der Waals surface area contributed by atoms with Gasteiger partial charge in [0.05, 0.1) is 34.4 Å². The molecule has 1 N–H and O–H groups in total. The van der Waals surface area contributed by atoms with Crippen LogP contribution in [0.3, 0.4) is 0 Å². The van der Waals surface area contributed by atoms with E-state index in [0.717, 1.165) is 116 Å². The number of hydrogen-bond donors (Lipinski definition) is 1. The minimum absolute atomic E-state index is 0.180. The quantitative estimate of drug-likeness (QED) is 0.0211. The Morgan fingerprint density at radius 1 is 0.326 bits per heavy atom. The summed E-state index contributed by atoms with van der Waals surface area (Å²) in [4.78, 5) is 37.7. The fourth-order valence-corrected chi connectivity index (χ4v) is 10.7. The number of likely N-dealkylation sites (N-methyl/N-ethyl adjacent to an activating group) is 1. The maximum absolute atomic E-state index is 13.0. The number of allylic oxidation sites excluding steroid dienone is 24. The van der Waals surface area contributed by atoms with Crippen LogP contribution in [0.15, 0.2) is 146 Å². The molecule has 2 unspecified atom stereocenters. The number of rotatable bonds is 71. The zero-order valence-corrected chi connectivity index (χ0v) is 62.0. The molecule has 0 aliphatic heterocycles. The van der Waals surface area contributed by atoms with Gasteiger partial charge in [-0.05, 0) is 122 Å². The highest BCUT2D eigenvalue weighted by Gasteiger charge is 2.25. The lowest BCUT2D eigenvalue weighted by Gasteiger charge is -2.25. The lowest BCUT2D eigenvalue weighted by atomic mass is 10.0. The number of ether oxygens (including phenoxy) is 4. The third-order valence-corrected chi connectivity index (χ3v) is 16.6. The van der Waals surface area contributed by atoms with Crippen LogP contribution in [0.1, 0.15) is 322 Å². The van der Waals surface area contributed by atoms with Gasteiger partial charge in [0.15, 0.2) is 6.10 Å². The molecule has 0 saturated heterocycles. The molecule has 95 heavy (non-hydrogen) atoms. The van der Waals surface area contributed by atoms with Crippen LogP contribution in [0, 0.1) is 0 Å². The number of nitrogens with zero attached hydrogens (tertiary/aromatic N) is 1. The Balaban J connectivity index is 4.14. The average Bonchev–Trinajstić information content (AvgIpc) is 3.54. The van der Waals surface area contributed by atoms with Gasteiger partial charge >= 0.3 is 17.9 Å². The molecular formula is C86H146NO8+. The zero-order valence-electron chi connectivity index (χ0n) is 62.0. The van der Waals surface area contributed by atoms with E-state index in [4.69, 9.17) is 18.9 Å². The fourth-order valence-electron chi connectivity index (χ4n) is 10.7. The second-order valence-corrected chi connectivity index (χ2v) is 26.9. The van der Waals surface area contributed by atoms with Crippen molar-refractivity contribution in [2.45, 2.75) is 334 Å². The van der Waals surface area contributed by atoms with Crippen molar-refractivity contribution in [2.24, 2.45) is 0 Å². The van der Waals surface area contributed by atoms with E-state index in [1.807, 2.05) is 21.1 Å². The van der Waals surface area contributed by atoms with Crippen molar-refractivity contribution in [1.82, 2.24) is 0 Å². The highest BCUT2D eigenvalue weighted by molar-refractivity contribution is 5.71. The molecule has 0 amide bonds. The molecule has 0 aliphatic carbocycles. The summed E-state index contributed by atoms with van der Waals surface area (Å²) in [5.74, 6) is -2.02. The van der Waals surface area contributed by atoms with E-state index in [2.05, 4.69) is 160 Å². The van der Waals surface area contributed by atoms with Crippen molar-refractivity contribution in [3.05, 3.63) is 146 Å².